The van der Waals surface area contributed by atoms with Crippen LogP contribution in [0.25, 0.3) is 10.9 Å². The summed E-state index contributed by atoms with van der Waals surface area (Å²) in [7, 11) is 3.12. The Morgan fingerprint density at radius 3 is 2.56 bits per heavy atom. The van der Waals surface area contributed by atoms with Gasteiger partial charge in [0.2, 0.25) is 0 Å². The van der Waals surface area contributed by atoms with Crippen LogP contribution in [0, 0.1) is 11.3 Å². The molecule has 4 heteroatoms. The Bertz CT molecular complexity index is 573. The van der Waals surface area contributed by atoms with Crippen LogP contribution in [-0.4, -0.2) is 19.2 Å². The van der Waals surface area contributed by atoms with Crippen LogP contribution < -0.4 is 9.47 Å². The van der Waals surface area contributed by atoms with Crippen LogP contribution in [0.15, 0.2) is 24.4 Å². The van der Waals surface area contributed by atoms with E-state index in [1.165, 1.54) is 7.11 Å². The largest absolute Gasteiger partial charge is 0.496 e. The predicted octanol–water partition coefficient (Wildman–Crippen LogP) is 2.12. The number of methoxy groups -OCH3 is 2. The molecule has 80 valence electrons. The van der Waals surface area contributed by atoms with Crippen LogP contribution >= 0.6 is 0 Å². The Labute approximate surface area is 93.0 Å². The summed E-state index contributed by atoms with van der Waals surface area (Å²) >= 11 is 0. The zero-order valence-electron chi connectivity index (χ0n) is 9.02. The molecular weight excluding hydrogens is 204 g/mol. The molecule has 0 unspecified atom stereocenters. The van der Waals surface area contributed by atoms with E-state index in [1.807, 2.05) is 0 Å². The van der Waals surface area contributed by atoms with Gasteiger partial charge in [-0.2, -0.15) is 5.26 Å². The van der Waals surface area contributed by atoms with Crippen LogP contribution in [0.4, 0.5) is 0 Å². The van der Waals surface area contributed by atoms with E-state index in [0.717, 1.165) is 10.9 Å². The van der Waals surface area contributed by atoms with Crippen molar-refractivity contribution in [3.63, 3.8) is 0 Å². The summed E-state index contributed by atoms with van der Waals surface area (Å²) in [6, 6.07) is 7.30. The van der Waals surface area contributed by atoms with E-state index in [2.05, 4.69) is 11.1 Å². The molecule has 0 amide bonds. The fourth-order valence-electron chi connectivity index (χ4n) is 1.58. The summed E-state index contributed by atoms with van der Waals surface area (Å²) in [4.78, 5) is 4.20. The highest BCUT2D eigenvalue weighted by Crippen LogP contribution is 2.29. The maximum absolute atomic E-state index is 8.98. The maximum Gasteiger partial charge on any atom is 0.138 e. The van der Waals surface area contributed by atoms with E-state index >= 15 is 0 Å². The Morgan fingerprint density at radius 1 is 1.19 bits per heavy atom. The highest BCUT2D eigenvalue weighted by atomic mass is 16.5. The van der Waals surface area contributed by atoms with E-state index in [4.69, 9.17) is 14.7 Å². The molecule has 1 aromatic heterocycles. The Hall–Kier alpha value is -2.28. The van der Waals surface area contributed by atoms with Crippen molar-refractivity contribution in [1.82, 2.24) is 4.98 Å². The van der Waals surface area contributed by atoms with Gasteiger partial charge in [0.1, 0.15) is 17.6 Å². The lowest BCUT2D eigenvalue weighted by atomic mass is 10.1. The van der Waals surface area contributed by atoms with E-state index < -0.39 is 0 Å². The first-order valence-corrected chi connectivity index (χ1v) is 4.71. The molecule has 0 saturated heterocycles. The lowest BCUT2D eigenvalue weighted by Crippen LogP contribution is -1.92. The zero-order valence-corrected chi connectivity index (χ0v) is 9.02. The molecule has 0 spiro atoms. The van der Waals surface area contributed by atoms with Crippen molar-refractivity contribution in [1.29, 1.82) is 5.26 Å². The number of hydrogen-bond acceptors (Lipinski definition) is 4. The second-order valence-electron chi connectivity index (χ2n) is 3.19. The normalized spacial score (nSPS) is 9.81. The van der Waals surface area contributed by atoms with E-state index in [0.29, 0.717) is 17.1 Å². The molecule has 4 nitrogen and oxygen atoms in total. The average Bonchev–Trinajstić information content (AvgIpc) is 2.36. The molecule has 0 aliphatic carbocycles. The molecule has 0 N–H and O–H groups in total. The first-order chi connectivity index (χ1) is 7.80. The molecular formula is C12H10N2O2. The van der Waals surface area contributed by atoms with Crippen molar-refractivity contribution in [2.24, 2.45) is 0 Å². The van der Waals surface area contributed by atoms with Gasteiger partial charge in [0.25, 0.3) is 0 Å². The van der Waals surface area contributed by atoms with Gasteiger partial charge in [0.05, 0.1) is 25.3 Å². The average molecular weight is 214 g/mol. The number of fused-ring (bicyclic) bond motifs is 1. The summed E-state index contributed by atoms with van der Waals surface area (Å²) in [5.74, 6) is 1.22. The van der Waals surface area contributed by atoms with Crippen molar-refractivity contribution in [2.75, 3.05) is 14.2 Å². The second kappa shape index (κ2) is 4.07. The molecule has 2 rings (SSSR count). The van der Waals surface area contributed by atoms with Gasteiger partial charge in [-0.1, -0.05) is 0 Å². The molecule has 1 aromatic carbocycles. The Morgan fingerprint density at radius 2 is 1.94 bits per heavy atom. The van der Waals surface area contributed by atoms with Crippen molar-refractivity contribution >= 4 is 10.9 Å². The highest BCUT2D eigenvalue weighted by molar-refractivity contribution is 5.87. The zero-order chi connectivity index (χ0) is 11.5. The van der Waals surface area contributed by atoms with E-state index in [9.17, 15) is 0 Å². The van der Waals surface area contributed by atoms with Crippen LogP contribution in [0.1, 0.15) is 5.56 Å². The van der Waals surface area contributed by atoms with Gasteiger partial charge in [-0.05, 0) is 12.1 Å². The van der Waals surface area contributed by atoms with Gasteiger partial charge in [0, 0.05) is 17.6 Å². The molecule has 2 aromatic rings. The quantitative estimate of drug-likeness (QED) is 0.768. The standard InChI is InChI=1S/C12H10N2O2/c1-15-11-3-4-14-10-6-12(16-2)8(7-13)5-9(10)11/h3-6H,1-2H3. The second-order valence-corrected chi connectivity index (χ2v) is 3.19. The SMILES string of the molecule is COc1cc2nccc(OC)c2cc1C#N. The summed E-state index contributed by atoms with van der Waals surface area (Å²) < 4.78 is 10.3. The lowest BCUT2D eigenvalue weighted by molar-refractivity contribution is 0.413. The summed E-state index contributed by atoms with van der Waals surface area (Å²) in [6.07, 6.45) is 1.66. The van der Waals surface area contributed by atoms with Crippen LogP contribution in [0.2, 0.25) is 0 Å². The topological polar surface area (TPSA) is 55.1 Å². The van der Waals surface area contributed by atoms with Gasteiger partial charge in [-0.3, -0.25) is 4.98 Å². The molecule has 0 aliphatic rings. The van der Waals surface area contributed by atoms with Crippen molar-refractivity contribution < 1.29 is 9.47 Å². The molecule has 0 radical (unpaired) electrons. The third kappa shape index (κ3) is 1.52. The van der Waals surface area contributed by atoms with Gasteiger partial charge in [-0.15, -0.1) is 0 Å². The first-order valence-electron chi connectivity index (χ1n) is 4.71. The molecule has 1 heterocycles. The first kappa shape index (κ1) is 10.2. The Kier molecular flexibility index (Phi) is 2.61. The van der Waals surface area contributed by atoms with Crippen LogP contribution in [-0.2, 0) is 0 Å². The molecule has 0 fully saturated rings. The minimum atomic E-state index is 0.473. The van der Waals surface area contributed by atoms with Gasteiger partial charge in [-0.25, -0.2) is 0 Å². The summed E-state index contributed by atoms with van der Waals surface area (Å²) in [5.41, 5.74) is 1.22. The molecule has 0 saturated carbocycles. The Balaban J connectivity index is 2.79. The third-order valence-corrected chi connectivity index (χ3v) is 2.36. The molecule has 0 atom stereocenters. The van der Waals surface area contributed by atoms with Gasteiger partial charge in [0.15, 0.2) is 0 Å². The van der Waals surface area contributed by atoms with Crippen LogP contribution in [0.5, 0.6) is 11.5 Å². The summed E-state index contributed by atoms with van der Waals surface area (Å²) in [6.45, 7) is 0. The number of ether oxygens (including phenoxy) is 2. The smallest absolute Gasteiger partial charge is 0.138 e. The third-order valence-electron chi connectivity index (χ3n) is 2.36. The molecule has 16 heavy (non-hydrogen) atoms. The fourth-order valence-corrected chi connectivity index (χ4v) is 1.58. The van der Waals surface area contributed by atoms with Gasteiger partial charge < -0.3 is 9.47 Å². The summed E-state index contributed by atoms with van der Waals surface area (Å²) in [5, 5.41) is 9.79. The number of benzene rings is 1. The monoisotopic (exact) mass is 214 g/mol. The van der Waals surface area contributed by atoms with Crippen molar-refractivity contribution in [3.05, 3.63) is 30.0 Å². The number of pyridine rings is 1. The molecule has 0 aliphatic heterocycles. The predicted molar refractivity (Wildman–Crippen MR) is 59.6 cm³/mol. The van der Waals surface area contributed by atoms with E-state index in [-0.39, 0.29) is 0 Å². The van der Waals surface area contributed by atoms with Crippen molar-refractivity contribution in [3.8, 4) is 17.6 Å². The number of aromatic nitrogens is 1. The van der Waals surface area contributed by atoms with Crippen molar-refractivity contribution in [2.45, 2.75) is 0 Å². The van der Waals surface area contributed by atoms with Crippen LogP contribution in [0.3, 0.4) is 0 Å². The van der Waals surface area contributed by atoms with Gasteiger partial charge >= 0.3 is 0 Å². The minimum Gasteiger partial charge on any atom is -0.496 e. The fraction of sp³-hybridized carbons (Fsp3) is 0.167. The number of rotatable bonds is 2. The number of nitriles is 1. The highest BCUT2D eigenvalue weighted by Gasteiger charge is 2.08. The van der Waals surface area contributed by atoms with E-state index in [1.54, 1.807) is 31.5 Å². The minimum absolute atomic E-state index is 0.473. The lowest BCUT2D eigenvalue weighted by Gasteiger charge is -2.07. The number of nitrogens with zero attached hydrogens (tertiary/aromatic N) is 2. The molecule has 0 bridgehead atoms. The maximum atomic E-state index is 8.98. The number of hydrogen-bond donors (Lipinski definition) is 0.